The number of likely N-dealkylation sites (tertiary alicyclic amines) is 1. The number of benzene rings is 1. The number of piperazine rings is 1. The van der Waals surface area contributed by atoms with Crippen LogP contribution in [0.1, 0.15) is 63.2 Å². The number of carbonyl (C=O) groups excluding carboxylic acids is 3. The zero-order valence-electron chi connectivity index (χ0n) is 22.7. The Morgan fingerprint density at radius 1 is 1.14 bits per heavy atom. The second-order valence-electron chi connectivity index (χ2n) is 10.9. The van der Waals surface area contributed by atoms with Crippen molar-refractivity contribution in [3.05, 3.63) is 29.8 Å². The van der Waals surface area contributed by atoms with Crippen LogP contribution in [0.25, 0.3) is 0 Å². The Bertz CT molecular complexity index is 915. The van der Waals surface area contributed by atoms with Crippen molar-refractivity contribution in [2.75, 3.05) is 50.8 Å². The average molecular weight is 513 g/mol. The minimum absolute atomic E-state index is 0.00457. The van der Waals surface area contributed by atoms with E-state index in [-0.39, 0.29) is 35.8 Å². The van der Waals surface area contributed by atoms with E-state index in [1.807, 2.05) is 43.0 Å². The third-order valence-electron chi connectivity index (χ3n) is 8.51. The van der Waals surface area contributed by atoms with Gasteiger partial charge in [0.1, 0.15) is 12.3 Å². The number of anilines is 1. The van der Waals surface area contributed by atoms with E-state index in [0.29, 0.717) is 25.1 Å². The number of nitrogens with one attached hydrogen (secondary N) is 1. The molecule has 3 aliphatic rings. The lowest BCUT2D eigenvalue weighted by Gasteiger charge is -2.36. The van der Waals surface area contributed by atoms with Crippen molar-refractivity contribution in [1.29, 1.82) is 0 Å². The molecule has 8 nitrogen and oxygen atoms in total. The third kappa shape index (κ3) is 6.34. The van der Waals surface area contributed by atoms with E-state index in [1.54, 1.807) is 0 Å². The van der Waals surface area contributed by atoms with Crippen LogP contribution in [-0.2, 0) is 14.3 Å². The van der Waals surface area contributed by atoms with Crippen molar-refractivity contribution < 1.29 is 19.1 Å². The van der Waals surface area contributed by atoms with Gasteiger partial charge in [-0.1, -0.05) is 27.2 Å². The fourth-order valence-corrected chi connectivity index (χ4v) is 6.12. The largest absolute Gasteiger partial charge is 0.376 e. The molecule has 5 atom stereocenters. The van der Waals surface area contributed by atoms with Gasteiger partial charge >= 0.3 is 0 Å². The van der Waals surface area contributed by atoms with Gasteiger partial charge in [-0.05, 0) is 56.0 Å². The highest BCUT2D eigenvalue weighted by Crippen LogP contribution is 2.36. The molecular formula is C29H44N4O4. The summed E-state index contributed by atoms with van der Waals surface area (Å²) in [5.74, 6) is -0.0662. The molecular weight excluding hydrogens is 468 g/mol. The van der Waals surface area contributed by atoms with Crippen LogP contribution in [0.2, 0.25) is 0 Å². The van der Waals surface area contributed by atoms with E-state index in [0.717, 1.165) is 64.0 Å². The summed E-state index contributed by atoms with van der Waals surface area (Å²) in [5, 5.41) is 3.07. The maximum Gasteiger partial charge on any atom is 0.251 e. The van der Waals surface area contributed by atoms with Crippen LogP contribution in [0.4, 0.5) is 5.69 Å². The average Bonchev–Trinajstić information content (AvgIpc) is 3.54. The SMILES string of the molecule is CCCN1CCN(c2ccc(C(=O)N[C@H](C(=O)N3C[C@@H](CCC=O)[C@H]4OCC[C@@H]43)[C@@H](C)CC)cc2)CC1. The van der Waals surface area contributed by atoms with E-state index >= 15 is 0 Å². The highest BCUT2D eigenvalue weighted by molar-refractivity contribution is 5.98. The molecule has 0 bridgehead atoms. The van der Waals surface area contributed by atoms with E-state index in [2.05, 4.69) is 22.0 Å². The first kappa shape index (κ1) is 27.6. The topological polar surface area (TPSA) is 82.2 Å². The second-order valence-corrected chi connectivity index (χ2v) is 10.9. The predicted molar refractivity (Wildman–Crippen MR) is 145 cm³/mol. The van der Waals surface area contributed by atoms with Crippen LogP contribution >= 0.6 is 0 Å². The Balaban J connectivity index is 1.40. The Morgan fingerprint density at radius 2 is 1.86 bits per heavy atom. The lowest BCUT2D eigenvalue weighted by atomic mass is 9.96. The quantitative estimate of drug-likeness (QED) is 0.459. The number of rotatable bonds is 11. The van der Waals surface area contributed by atoms with Gasteiger partial charge in [-0.15, -0.1) is 0 Å². The first-order valence-electron chi connectivity index (χ1n) is 14.2. The lowest BCUT2D eigenvalue weighted by Crippen LogP contribution is -2.53. The molecule has 0 radical (unpaired) electrons. The van der Waals surface area contributed by atoms with Crippen LogP contribution in [0.3, 0.4) is 0 Å². The molecule has 3 saturated heterocycles. The number of aldehydes is 1. The molecule has 3 heterocycles. The molecule has 2 amide bonds. The van der Waals surface area contributed by atoms with Crippen LogP contribution in [-0.4, -0.2) is 92.0 Å². The summed E-state index contributed by atoms with van der Waals surface area (Å²) in [4.78, 5) is 44.8. The molecule has 0 spiro atoms. The van der Waals surface area contributed by atoms with Gasteiger partial charge < -0.3 is 24.6 Å². The molecule has 37 heavy (non-hydrogen) atoms. The smallest absolute Gasteiger partial charge is 0.251 e. The van der Waals surface area contributed by atoms with E-state index in [4.69, 9.17) is 4.74 Å². The monoisotopic (exact) mass is 512 g/mol. The van der Waals surface area contributed by atoms with Crippen LogP contribution in [0.5, 0.6) is 0 Å². The van der Waals surface area contributed by atoms with Gasteiger partial charge in [0.05, 0.1) is 12.1 Å². The zero-order chi connectivity index (χ0) is 26.4. The molecule has 0 unspecified atom stereocenters. The van der Waals surface area contributed by atoms with Crippen LogP contribution in [0, 0.1) is 11.8 Å². The first-order chi connectivity index (χ1) is 18.0. The summed E-state index contributed by atoms with van der Waals surface area (Å²) in [6, 6.07) is 7.21. The molecule has 0 saturated carbocycles. The van der Waals surface area contributed by atoms with E-state index in [9.17, 15) is 14.4 Å². The molecule has 8 heteroatoms. The van der Waals surface area contributed by atoms with Gasteiger partial charge in [0, 0.05) is 62.9 Å². The van der Waals surface area contributed by atoms with Gasteiger partial charge in [-0.25, -0.2) is 0 Å². The summed E-state index contributed by atoms with van der Waals surface area (Å²) in [7, 11) is 0. The zero-order valence-corrected chi connectivity index (χ0v) is 22.7. The number of ether oxygens (including phenoxy) is 1. The second kappa shape index (κ2) is 12.9. The number of fused-ring (bicyclic) bond motifs is 1. The number of hydrogen-bond acceptors (Lipinski definition) is 6. The van der Waals surface area contributed by atoms with Crippen molar-refractivity contribution in [3.8, 4) is 0 Å². The highest BCUT2D eigenvalue weighted by atomic mass is 16.5. The molecule has 1 aromatic carbocycles. The third-order valence-corrected chi connectivity index (χ3v) is 8.51. The first-order valence-corrected chi connectivity index (χ1v) is 14.2. The molecule has 3 fully saturated rings. The van der Waals surface area contributed by atoms with Crippen molar-refractivity contribution in [1.82, 2.24) is 15.1 Å². The van der Waals surface area contributed by atoms with Crippen LogP contribution < -0.4 is 10.2 Å². The number of amides is 2. The predicted octanol–water partition coefficient (Wildman–Crippen LogP) is 2.96. The van der Waals surface area contributed by atoms with Crippen molar-refractivity contribution in [3.63, 3.8) is 0 Å². The van der Waals surface area contributed by atoms with Gasteiger partial charge in [-0.2, -0.15) is 0 Å². The van der Waals surface area contributed by atoms with Crippen molar-refractivity contribution in [2.24, 2.45) is 11.8 Å². The molecule has 3 aliphatic heterocycles. The Labute approximate surface area is 221 Å². The molecule has 204 valence electrons. The molecule has 0 aliphatic carbocycles. The summed E-state index contributed by atoms with van der Waals surface area (Å²) in [5.41, 5.74) is 1.70. The fraction of sp³-hybridized carbons (Fsp3) is 0.690. The van der Waals surface area contributed by atoms with E-state index < -0.39 is 6.04 Å². The summed E-state index contributed by atoms with van der Waals surface area (Å²) in [6.07, 6.45) is 4.92. The van der Waals surface area contributed by atoms with Crippen LogP contribution in [0.15, 0.2) is 24.3 Å². The molecule has 1 N–H and O–H groups in total. The minimum Gasteiger partial charge on any atom is -0.376 e. The van der Waals surface area contributed by atoms with Gasteiger partial charge in [0.2, 0.25) is 5.91 Å². The standard InChI is InChI=1S/C29H44N4O4/c1-4-13-31-14-16-32(17-15-31)24-10-8-22(9-11-24)28(35)30-26(21(3)5-2)29(36)33-20-23(7-6-18-34)27-25(33)12-19-37-27/h8-11,18,21,23,25-27H,4-7,12-17,19-20H2,1-3H3,(H,30,35)/t21-,23+,25-,26-,27+/m0/s1. The molecule has 1 aromatic rings. The summed E-state index contributed by atoms with van der Waals surface area (Å²) < 4.78 is 5.96. The van der Waals surface area contributed by atoms with Gasteiger partial charge in [0.25, 0.3) is 5.91 Å². The van der Waals surface area contributed by atoms with Gasteiger partial charge in [0.15, 0.2) is 0 Å². The number of carbonyl (C=O) groups is 3. The molecule has 0 aromatic heterocycles. The lowest BCUT2D eigenvalue weighted by molar-refractivity contribution is -0.135. The summed E-state index contributed by atoms with van der Waals surface area (Å²) >= 11 is 0. The van der Waals surface area contributed by atoms with E-state index in [1.165, 1.54) is 6.42 Å². The Kier molecular flexibility index (Phi) is 9.60. The maximum absolute atomic E-state index is 13.8. The molecule has 4 rings (SSSR count). The normalized spacial score (nSPS) is 25.5. The Hall–Kier alpha value is -2.45. The minimum atomic E-state index is -0.588. The maximum atomic E-state index is 13.8. The fourth-order valence-electron chi connectivity index (χ4n) is 6.12. The summed E-state index contributed by atoms with van der Waals surface area (Å²) in [6.45, 7) is 12.8. The van der Waals surface area contributed by atoms with Crippen molar-refractivity contribution in [2.45, 2.75) is 71.1 Å². The number of nitrogens with zero attached hydrogens (tertiary/aromatic N) is 3. The van der Waals surface area contributed by atoms with Gasteiger partial charge in [-0.3, -0.25) is 14.5 Å². The Morgan fingerprint density at radius 3 is 2.51 bits per heavy atom. The number of hydrogen-bond donors (Lipinski definition) is 1. The highest BCUT2D eigenvalue weighted by Gasteiger charge is 2.48. The van der Waals surface area contributed by atoms with Crippen molar-refractivity contribution >= 4 is 23.8 Å².